The topological polar surface area (TPSA) is 120 Å². The summed E-state index contributed by atoms with van der Waals surface area (Å²) in [6.07, 6.45) is 0.402. The Hall–Kier alpha value is -3.61. The molecule has 0 aliphatic carbocycles. The van der Waals surface area contributed by atoms with Gasteiger partial charge in [0.1, 0.15) is 11.8 Å². The molecule has 2 aliphatic rings. The summed E-state index contributed by atoms with van der Waals surface area (Å²) in [6.45, 7) is 2.62. The molecule has 1 fully saturated rings. The summed E-state index contributed by atoms with van der Waals surface area (Å²) in [6, 6.07) is 13.6. The van der Waals surface area contributed by atoms with Crippen LogP contribution in [0.15, 0.2) is 47.9 Å². The van der Waals surface area contributed by atoms with Crippen LogP contribution in [-0.2, 0) is 4.74 Å². The van der Waals surface area contributed by atoms with Gasteiger partial charge in [0.15, 0.2) is 17.7 Å². The number of allylic oxidation sites excluding steroid dienone is 1. The minimum Gasteiger partial charge on any atom is -0.493 e. The van der Waals surface area contributed by atoms with Gasteiger partial charge in [-0.05, 0) is 30.2 Å². The SMILES string of the molecule is CCCOc1ccccc1C1C(C#N)=C(N)OC2NNC(c3cc(OC)c(OC)c(OC)c3)C21. The first-order valence-electron chi connectivity index (χ1n) is 11.2. The van der Waals surface area contributed by atoms with Crippen molar-refractivity contribution in [2.45, 2.75) is 31.5 Å². The standard InChI is InChI=1S/C25H30N4O5/c1-5-10-33-17-9-7-6-8-15(17)20-16(13-26)24(27)34-25-21(20)22(28-29-25)14-11-18(30-2)23(32-4)19(12-14)31-3/h6-9,11-12,20-22,25,28-29H,5,10,27H2,1-4H3. The first-order chi connectivity index (χ1) is 16.6. The number of benzene rings is 2. The van der Waals surface area contributed by atoms with Gasteiger partial charge in [0, 0.05) is 17.4 Å². The Labute approximate surface area is 199 Å². The molecule has 2 heterocycles. The lowest BCUT2D eigenvalue weighted by Gasteiger charge is -2.36. The highest BCUT2D eigenvalue weighted by Crippen LogP contribution is 2.51. The molecule has 180 valence electrons. The third-order valence-electron chi connectivity index (χ3n) is 6.21. The third kappa shape index (κ3) is 4.06. The highest BCUT2D eigenvalue weighted by Gasteiger charge is 2.50. The first-order valence-corrected chi connectivity index (χ1v) is 11.2. The number of fused-ring (bicyclic) bond motifs is 1. The van der Waals surface area contributed by atoms with Crippen LogP contribution in [0.1, 0.15) is 36.4 Å². The number of rotatable bonds is 8. The van der Waals surface area contributed by atoms with E-state index in [-0.39, 0.29) is 23.8 Å². The van der Waals surface area contributed by atoms with Crippen molar-refractivity contribution < 1.29 is 23.7 Å². The fraction of sp³-hybridized carbons (Fsp3) is 0.400. The van der Waals surface area contributed by atoms with Crippen LogP contribution in [0.5, 0.6) is 23.0 Å². The Morgan fingerprint density at radius 3 is 2.35 bits per heavy atom. The maximum Gasteiger partial charge on any atom is 0.203 e. The van der Waals surface area contributed by atoms with Gasteiger partial charge in [-0.15, -0.1) is 0 Å². The molecular formula is C25H30N4O5. The molecule has 1 saturated heterocycles. The fourth-order valence-corrected chi connectivity index (χ4v) is 4.72. The predicted molar refractivity (Wildman–Crippen MR) is 125 cm³/mol. The molecule has 9 nitrogen and oxygen atoms in total. The minimum absolute atomic E-state index is 0.110. The van der Waals surface area contributed by atoms with Crippen molar-refractivity contribution in [3.05, 3.63) is 59.0 Å². The van der Waals surface area contributed by atoms with E-state index >= 15 is 0 Å². The van der Waals surface area contributed by atoms with E-state index in [1.54, 1.807) is 21.3 Å². The fourth-order valence-electron chi connectivity index (χ4n) is 4.72. The predicted octanol–water partition coefficient (Wildman–Crippen LogP) is 3.10. The number of ether oxygens (including phenoxy) is 5. The van der Waals surface area contributed by atoms with E-state index < -0.39 is 6.23 Å². The lowest BCUT2D eigenvalue weighted by Crippen LogP contribution is -2.41. The Bertz CT molecular complexity index is 1090. The van der Waals surface area contributed by atoms with Crippen LogP contribution in [-0.4, -0.2) is 34.2 Å². The number of hydrazine groups is 1. The first kappa shape index (κ1) is 23.5. The van der Waals surface area contributed by atoms with Crippen molar-refractivity contribution in [3.8, 4) is 29.1 Å². The summed E-state index contributed by atoms with van der Waals surface area (Å²) in [7, 11) is 4.72. The largest absolute Gasteiger partial charge is 0.493 e. The number of methoxy groups -OCH3 is 3. The van der Waals surface area contributed by atoms with Gasteiger partial charge in [0.05, 0.1) is 39.6 Å². The zero-order valence-electron chi connectivity index (χ0n) is 19.8. The molecule has 2 aromatic rings. The van der Waals surface area contributed by atoms with Crippen molar-refractivity contribution in [2.24, 2.45) is 11.7 Å². The average Bonchev–Trinajstić information content (AvgIpc) is 3.29. The molecule has 4 atom stereocenters. The maximum absolute atomic E-state index is 10.1. The molecule has 0 radical (unpaired) electrons. The zero-order chi connectivity index (χ0) is 24.2. The van der Waals surface area contributed by atoms with Crippen LogP contribution in [0.3, 0.4) is 0 Å². The smallest absolute Gasteiger partial charge is 0.203 e. The van der Waals surface area contributed by atoms with Gasteiger partial charge < -0.3 is 29.4 Å². The summed E-state index contributed by atoms with van der Waals surface area (Å²) in [5.41, 5.74) is 14.9. The molecule has 2 aromatic carbocycles. The van der Waals surface area contributed by atoms with E-state index in [2.05, 4.69) is 23.8 Å². The molecule has 0 aromatic heterocycles. The Morgan fingerprint density at radius 1 is 1.03 bits per heavy atom. The zero-order valence-corrected chi connectivity index (χ0v) is 19.8. The van der Waals surface area contributed by atoms with Gasteiger partial charge in [-0.25, -0.2) is 10.9 Å². The van der Waals surface area contributed by atoms with Crippen molar-refractivity contribution in [1.82, 2.24) is 10.9 Å². The van der Waals surface area contributed by atoms with Crippen molar-refractivity contribution in [3.63, 3.8) is 0 Å². The van der Waals surface area contributed by atoms with Crippen LogP contribution in [0.25, 0.3) is 0 Å². The van der Waals surface area contributed by atoms with Gasteiger partial charge in [-0.2, -0.15) is 5.26 Å². The second kappa shape index (κ2) is 10.1. The summed E-state index contributed by atoms with van der Waals surface area (Å²) in [5.74, 6) is 1.83. The number of nitriles is 1. The Kier molecular flexibility index (Phi) is 7.01. The second-order valence-corrected chi connectivity index (χ2v) is 8.09. The molecule has 4 unspecified atom stereocenters. The van der Waals surface area contributed by atoms with Crippen LogP contribution < -0.4 is 35.5 Å². The number of hydrogen-bond acceptors (Lipinski definition) is 9. The molecule has 2 aliphatic heterocycles. The van der Waals surface area contributed by atoms with E-state index in [4.69, 9.17) is 29.4 Å². The molecular weight excluding hydrogens is 436 g/mol. The van der Waals surface area contributed by atoms with Crippen LogP contribution in [0.2, 0.25) is 0 Å². The molecule has 0 spiro atoms. The van der Waals surface area contributed by atoms with Gasteiger partial charge in [0.25, 0.3) is 0 Å². The summed E-state index contributed by atoms with van der Waals surface area (Å²) < 4.78 is 28.6. The highest BCUT2D eigenvalue weighted by molar-refractivity contribution is 5.55. The van der Waals surface area contributed by atoms with Crippen molar-refractivity contribution in [1.29, 1.82) is 5.26 Å². The van der Waals surface area contributed by atoms with E-state index in [1.165, 1.54) is 0 Å². The molecule has 0 amide bonds. The van der Waals surface area contributed by atoms with Crippen LogP contribution in [0, 0.1) is 17.2 Å². The van der Waals surface area contributed by atoms with Crippen LogP contribution >= 0.6 is 0 Å². The summed E-state index contributed by atoms with van der Waals surface area (Å²) in [4.78, 5) is 0. The second-order valence-electron chi connectivity index (χ2n) is 8.09. The third-order valence-corrected chi connectivity index (χ3v) is 6.21. The number of hydrogen-bond donors (Lipinski definition) is 3. The quantitative estimate of drug-likeness (QED) is 0.539. The minimum atomic E-state index is -0.467. The van der Waals surface area contributed by atoms with Gasteiger partial charge >= 0.3 is 0 Å². The molecule has 4 rings (SSSR count). The van der Waals surface area contributed by atoms with E-state index in [9.17, 15) is 5.26 Å². The van der Waals surface area contributed by atoms with E-state index in [1.807, 2.05) is 36.4 Å². The Morgan fingerprint density at radius 2 is 1.74 bits per heavy atom. The van der Waals surface area contributed by atoms with Crippen molar-refractivity contribution >= 4 is 0 Å². The highest BCUT2D eigenvalue weighted by atomic mass is 16.5. The number of nitrogens with two attached hydrogens (primary N) is 1. The number of para-hydroxylation sites is 1. The molecule has 0 bridgehead atoms. The molecule has 9 heteroatoms. The number of nitrogens with one attached hydrogen (secondary N) is 2. The summed E-state index contributed by atoms with van der Waals surface area (Å²) >= 11 is 0. The monoisotopic (exact) mass is 466 g/mol. The molecule has 4 N–H and O–H groups in total. The number of nitrogens with zero attached hydrogens (tertiary/aromatic N) is 1. The molecule has 34 heavy (non-hydrogen) atoms. The summed E-state index contributed by atoms with van der Waals surface area (Å²) in [5, 5.41) is 10.1. The van der Waals surface area contributed by atoms with Gasteiger partial charge in [-0.3, -0.25) is 0 Å². The maximum atomic E-state index is 10.1. The van der Waals surface area contributed by atoms with Crippen LogP contribution in [0.4, 0.5) is 0 Å². The van der Waals surface area contributed by atoms with E-state index in [0.29, 0.717) is 29.4 Å². The molecule has 0 saturated carbocycles. The van der Waals surface area contributed by atoms with E-state index in [0.717, 1.165) is 23.3 Å². The Balaban J connectivity index is 1.84. The normalized spacial score (nSPS) is 23.5. The average molecular weight is 467 g/mol. The lowest BCUT2D eigenvalue weighted by molar-refractivity contribution is 0.0336. The van der Waals surface area contributed by atoms with Gasteiger partial charge in [-0.1, -0.05) is 25.1 Å². The van der Waals surface area contributed by atoms with Gasteiger partial charge in [0.2, 0.25) is 11.6 Å². The lowest BCUT2D eigenvalue weighted by atomic mass is 9.73. The van der Waals surface area contributed by atoms with Crippen molar-refractivity contribution in [2.75, 3.05) is 27.9 Å².